The minimum atomic E-state index is -0.143. The van der Waals surface area contributed by atoms with Crippen molar-refractivity contribution in [3.8, 4) is 0 Å². The third-order valence-electron chi connectivity index (χ3n) is 3.84. The van der Waals surface area contributed by atoms with Crippen LogP contribution in [0, 0.1) is 5.82 Å². The van der Waals surface area contributed by atoms with Gasteiger partial charge in [-0.3, -0.25) is 0 Å². The molecule has 4 heteroatoms. The quantitative estimate of drug-likeness (QED) is 0.702. The molecule has 0 amide bonds. The van der Waals surface area contributed by atoms with E-state index in [1.54, 1.807) is 6.07 Å². The van der Waals surface area contributed by atoms with E-state index < -0.39 is 0 Å². The summed E-state index contributed by atoms with van der Waals surface area (Å²) < 4.78 is 15.1. The fraction of sp³-hybridized carbons (Fsp3) is 0.500. The number of benzene rings is 1. The highest BCUT2D eigenvalue weighted by molar-refractivity contribution is 6.13. The molecule has 0 aromatic heterocycles. The van der Waals surface area contributed by atoms with Gasteiger partial charge in [0.15, 0.2) is 0 Å². The molecule has 86 valence electrons. The van der Waals surface area contributed by atoms with Crippen molar-refractivity contribution in [1.29, 1.82) is 0 Å². The third-order valence-corrected chi connectivity index (χ3v) is 4.17. The molecule has 0 radical (unpaired) electrons. The zero-order valence-electron chi connectivity index (χ0n) is 8.97. The van der Waals surface area contributed by atoms with Crippen LogP contribution in [0.4, 0.5) is 10.1 Å². The van der Waals surface area contributed by atoms with E-state index in [9.17, 15) is 4.39 Å². The number of anilines is 1. The van der Waals surface area contributed by atoms with E-state index in [-0.39, 0.29) is 11.2 Å². The number of nitrogens with zero attached hydrogens (tertiary/aromatic N) is 1. The van der Waals surface area contributed by atoms with Gasteiger partial charge in [-0.2, -0.15) is 0 Å². The van der Waals surface area contributed by atoms with Crippen LogP contribution < -0.4 is 5.32 Å². The summed E-state index contributed by atoms with van der Waals surface area (Å²) in [7, 11) is 0. The Morgan fingerprint density at radius 2 is 2.06 bits per heavy atom. The minimum absolute atomic E-state index is 0.100. The van der Waals surface area contributed by atoms with E-state index in [4.69, 9.17) is 11.8 Å². The Labute approximate surface area is 99.5 Å². The number of nitrogens with one attached hydrogen (secondary N) is 1. The van der Waals surface area contributed by atoms with Gasteiger partial charge in [-0.15, -0.1) is 0 Å². The van der Waals surface area contributed by atoms with Gasteiger partial charge in [0.25, 0.3) is 0 Å². The summed E-state index contributed by atoms with van der Waals surface area (Å²) in [6.07, 6.45) is 2.00. The Morgan fingerprint density at radius 3 is 2.81 bits per heavy atom. The van der Waals surface area contributed by atoms with E-state index in [2.05, 4.69) is 5.32 Å². The number of halogens is 2. The van der Waals surface area contributed by atoms with Gasteiger partial charge in [0.05, 0.1) is 0 Å². The fourth-order valence-corrected chi connectivity index (χ4v) is 2.99. The molecule has 2 aliphatic heterocycles. The van der Waals surface area contributed by atoms with Gasteiger partial charge < -0.3 is 5.32 Å². The highest BCUT2D eigenvalue weighted by atomic mass is 35.5. The number of piperidine rings is 1. The molecule has 0 unspecified atom stereocenters. The van der Waals surface area contributed by atoms with Crippen molar-refractivity contribution in [2.24, 2.45) is 0 Å². The Kier molecular flexibility index (Phi) is 2.33. The van der Waals surface area contributed by atoms with Gasteiger partial charge in [0.2, 0.25) is 0 Å². The molecule has 1 spiro atoms. The highest BCUT2D eigenvalue weighted by Crippen LogP contribution is 2.44. The monoisotopic (exact) mass is 240 g/mol. The molecule has 1 fully saturated rings. The summed E-state index contributed by atoms with van der Waals surface area (Å²) in [4.78, 5) is 0. The summed E-state index contributed by atoms with van der Waals surface area (Å²) in [5, 5.41) is 3.37. The molecular weight excluding hydrogens is 227 g/mol. The molecule has 0 aliphatic carbocycles. The van der Waals surface area contributed by atoms with Crippen molar-refractivity contribution in [2.75, 3.05) is 25.0 Å². The third kappa shape index (κ3) is 1.50. The van der Waals surface area contributed by atoms with E-state index >= 15 is 0 Å². The van der Waals surface area contributed by atoms with E-state index in [0.29, 0.717) is 0 Å². The van der Waals surface area contributed by atoms with Crippen molar-refractivity contribution in [2.45, 2.75) is 18.3 Å². The van der Waals surface area contributed by atoms with E-state index in [1.807, 2.05) is 10.5 Å². The molecule has 1 N–H and O–H groups in total. The van der Waals surface area contributed by atoms with Gasteiger partial charge in [-0.1, -0.05) is 0 Å². The lowest BCUT2D eigenvalue weighted by atomic mass is 9.75. The average Bonchev–Trinajstić information content (AvgIpc) is 2.62. The summed E-state index contributed by atoms with van der Waals surface area (Å²) in [6, 6.07) is 5.03. The lowest BCUT2D eigenvalue weighted by Crippen LogP contribution is -2.40. The first-order valence-corrected chi connectivity index (χ1v) is 5.98. The predicted molar refractivity (Wildman–Crippen MR) is 63.2 cm³/mol. The Balaban J connectivity index is 1.98. The molecule has 1 aromatic rings. The van der Waals surface area contributed by atoms with Gasteiger partial charge >= 0.3 is 0 Å². The summed E-state index contributed by atoms with van der Waals surface area (Å²) >= 11 is 5.98. The van der Waals surface area contributed by atoms with Crippen molar-refractivity contribution >= 4 is 17.5 Å². The summed E-state index contributed by atoms with van der Waals surface area (Å²) in [5.74, 6) is -0.143. The Hall–Kier alpha value is -0.800. The second-order valence-electron chi connectivity index (χ2n) is 4.73. The van der Waals surface area contributed by atoms with Gasteiger partial charge in [0.1, 0.15) is 5.82 Å². The van der Waals surface area contributed by atoms with Crippen LogP contribution in [0.5, 0.6) is 0 Å². The lowest BCUT2D eigenvalue weighted by molar-refractivity contribution is 0.256. The fourth-order valence-electron chi connectivity index (χ4n) is 2.82. The van der Waals surface area contributed by atoms with Crippen molar-refractivity contribution in [3.63, 3.8) is 0 Å². The normalized spacial score (nSPS) is 23.1. The number of rotatable bonds is 0. The molecule has 2 nitrogen and oxygen atoms in total. The van der Waals surface area contributed by atoms with Crippen molar-refractivity contribution in [3.05, 3.63) is 29.6 Å². The number of hydrogen-bond donors (Lipinski definition) is 1. The van der Waals surface area contributed by atoms with Crippen molar-refractivity contribution < 1.29 is 4.39 Å². The second-order valence-corrected chi connectivity index (χ2v) is 5.21. The SMILES string of the molecule is Fc1ccc2c(c1)C1(CCN(Cl)CC1)CN2. The smallest absolute Gasteiger partial charge is 0.123 e. The first kappa shape index (κ1) is 10.4. The predicted octanol–water partition coefficient (Wildman–Crippen LogP) is 2.74. The lowest BCUT2D eigenvalue weighted by Gasteiger charge is -2.36. The first-order chi connectivity index (χ1) is 7.70. The van der Waals surface area contributed by atoms with Crippen LogP contribution in [0.3, 0.4) is 0 Å². The molecule has 16 heavy (non-hydrogen) atoms. The molecule has 3 rings (SSSR count). The molecule has 2 heterocycles. The highest BCUT2D eigenvalue weighted by Gasteiger charge is 2.41. The Bertz CT molecular complexity index is 413. The van der Waals surface area contributed by atoms with Crippen LogP contribution in [0.15, 0.2) is 18.2 Å². The van der Waals surface area contributed by atoms with Gasteiger partial charge in [-0.05, 0) is 48.4 Å². The maximum absolute atomic E-state index is 13.3. The number of fused-ring (bicyclic) bond motifs is 2. The number of hydrogen-bond acceptors (Lipinski definition) is 2. The maximum atomic E-state index is 13.3. The standard InChI is InChI=1S/C12H14ClFN2/c13-16-5-3-12(4-6-16)8-15-11-2-1-9(14)7-10(11)12/h1-2,7,15H,3-6,8H2. The molecule has 0 atom stereocenters. The largest absolute Gasteiger partial charge is 0.384 e. The molecular formula is C12H14ClFN2. The zero-order chi connectivity index (χ0) is 11.2. The molecule has 1 saturated heterocycles. The van der Waals surface area contributed by atoms with Gasteiger partial charge in [0, 0.05) is 30.7 Å². The van der Waals surface area contributed by atoms with Crippen molar-refractivity contribution in [1.82, 2.24) is 4.42 Å². The molecule has 1 aromatic carbocycles. The molecule has 0 bridgehead atoms. The maximum Gasteiger partial charge on any atom is 0.123 e. The summed E-state index contributed by atoms with van der Waals surface area (Å²) in [5.41, 5.74) is 2.32. The van der Waals surface area contributed by atoms with E-state index in [0.717, 1.165) is 43.7 Å². The molecule has 2 aliphatic rings. The van der Waals surface area contributed by atoms with Crippen LogP contribution in [0.2, 0.25) is 0 Å². The van der Waals surface area contributed by atoms with Gasteiger partial charge in [-0.25, -0.2) is 8.81 Å². The topological polar surface area (TPSA) is 15.3 Å². The van der Waals surface area contributed by atoms with Crippen LogP contribution in [-0.2, 0) is 5.41 Å². The van der Waals surface area contributed by atoms with Crippen LogP contribution in [-0.4, -0.2) is 24.1 Å². The van der Waals surface area contributed by atoms with E-state index in [1.165, 1.54) is 6.07 Å². The molecule has 0 saturated carbocycles. The second kappa shape index (κ2) is 3.60. The average molecular weight is 241 g/mol. The minimum Gasteiger partial charge on any atom is -0.384 e. The summed E-state index contributed by atoms with van der Waals surface area (Å²) in [6.45, 7) is 2.66. The first-order valence-electron chi connectivity index (χ1n) is 5.64. The zero-order valence-corrected chi connectivity index (χ0v) is 9.73. The van der Waals surface area contributed by atoms with Crippen LogP contribution in [0.1, 0.15) is 18.4 Å². The van der Waals surface area contributed by atoms with Crippen LogP contribution >= 0.6 is 11.8 Å². The Morgan fingerprint density at radius 1 is 1.31 bits per heavy atom. The van der Waals surface area contributed by atoms with Crippen LogP contribution in [0.25, 0.3) is 0 Å².